The van der Waals surface area contributed by atoms with Gasteiger partial charge in [0.15, 0.2) is 0 Å². The molecule has 8 heteroatoms. The lowest BCUT2D eigenvalue weighted by atomic mass is 9.90. The van der Waals surface area contributed by atoms with Gasteiger partial charge in [0.1, 0.15) is 24.1 Å². The lowest BCUT2D eigenvalue weighted by molar-refractivity contribution is -0.115. The first-order chi connectivity index (χ1) is 15.0. The SMILES string of the molecule is Nc1ncnc2c1ccn2[C@@H]1C[C@H](CCc2ccc3cc(Cl)cnc3c2)[C@@H](C=O)[C@H]1O. The number of carbonyl (C=O) groups excluding carboxylic acids is 1. The Balaban J connectivity index is 1.36. The molecule has 3 aromatic heterocycles. The third kappa shape index (κ3) is 3.54. The molecule has 0 amide bonds. The van der Waals surface area contributed by atoms with Crippen LogP contribution in [-0.4, -0.2) is 37.0 Å². The van der Waals surface area contributed by atoms with Gasteiger partial charge in [-0.05, 0) is 48.9 Å². The molecule has 1 fully saturated rings. The molecule has 0 spiro atoms. The van der Waals surface area contributed by atoms with E-state index in [2.05, 4.69) is 27.1 Å². The first-order valence-corrected chi connectivity index (χ1v) is 10.7. The number of nitrogen functional groups attached to an aromatic ring is 1. The molecule has 1 aromatic carbocycles. The number of aromatic nitrogens is 4. The number of hydrogen-bond acceptors (Lipinski definition) is 6. The van der Waals surface area contributed by atoms with E-state index in [9.17, 15) is 9.90 Å². The normalized spacial score (nSPS) is 23.5. The second-order valence-corrected chi connectivity index (χ2v) is 8.64. The molecule has 1 aliphatic rings. The van der Waals surface area contributed by atoms with Crippen LogP contribution in [0.3, 0.4) is 0 Å². The zero-order valence-corrected chi connectivity index (χ0v) is 17.5. The van der Waals surface area contributed by atoms with Gasteiger partial charge in [-0.25, -0.2) is 9.97 Å². The Morgan fingerprint density at radius 2 is 2.10 bits per heavy atom. The molecular weight excluding hydrogens is 414 g/mol. The van der Waals surface area contributed by atoms with Crippen LogP contribution < -0.4 is 5.73 Å². The van der Waals surface area contributed by atoms with Crippen LogP contribution in [0, 0.1) is 11.8 Å². The predicted molar refractivity (Wildman–Crippen MR) is 120 cm³/mol. The second-order valence-electron chi connectivity index (χ2n) is 8.21. The fourth-order valence-electron chi connectivity index (χ4n) is 4.83. The molecule has 158 valence electrons. The molecule has 1 saturated carbocycles. The van der Waals surface area contributed by atoms with E-state index in [1.807, 2.05) is 29.0 Å². The topological polar surface area (TPSA) is 107 Å². The molecule has 3 N–H and O–H groups in total. The van der Waals surface area contributed by atoms with Crippen molar-refractivity contribution >= 4 is 45.6 Å². The van der Waals surface area contributed by atoms with E-state index in [-0.39, 0.29) is 12.0 Å². The summed E-state index contributed by atoms with van der Waals surface area (Å²) in [6, 6.07) is 9.67. The summed E-state index contributed by atoms with van der Waals surface area (Å²) in [5.41, 5.74) is 8.68. The number of fused-ring (bicyclic) bond motifs is 2. The summed E-state index contributed by atoms with van der Waals surface area (Å²) in [4.78, 5) is 24.6. The van der Waals surface area contributed by atoms with Crippen LogP contribution in [0.2, 0.25) is 5.02 Å². The van der Waals surface area contributed by atoms with Gasteiger partial charge in [0, 0.05) is 23.7 Å². The zero-order valence-electron chi connectivity index (χ0n) is 16.7. The summed E-state index contributed by atoms with van der Waals surface area (Å²) in [7, 11) is 0. The van der Waals surface area contributed by atoms with Crippen molar-refractivity contribution < 1.29 is 9.90 Å². The summed E-state index contributed by atoms with van der Waals surface area (Å²) in [5.74, 6) is 0.0629. The third-order valence-electron chi connectivity index (χ3n) is 6.45. The summed E-state index contributed by atoms with van der Waals surface area (Å²) in [6.07, 6.45) is 7.36. The summed E-state index contributed by atoms with van der Waals surface area (Å²) >= 11 is 6.02. The quantitative estimate of drug-likeness (QED) is 0.464. The molecule has 4 atom stereocenters. The molecule has 4 aromatic rings. The fourth-order valence-corrected chi connectivity index (χ4v) is 4.99. The Morgan fingerprint density at radius 1 is 1.23 bits per heavy atom. The second kappa shape index (κ2) is 7.90. The summed E-state index contributed by atoms with van der Waals surface area (Å²) in [5, 5.41) is 13.3. The summed E-state index contributed by atoms with van der Waals surface area (Å²) in [6.45, 7) is 0. The van der Waals surface area contributed by atoms with Gasteiger partial charge in [0.25, 0.3) is 0 Å². The van der Waals surface area contributed by atoms with Crippen molar-refractivity contribution in [1.29, 1.82) is 0 Å². The first-order valence-electron chi connectivity index (χ1n) is 10.3. The Kier molecular flexibility index (Phi) is 5.08. The number of anilines is 1. The standard InChI is InChI=1S/C23H22ClN5O2/c24-16-8-15-4-2-13(7-19(15)26-10-16)1-3-14-9-20(21(31)18(14)11-30)29-6-5-17-22(25)27-12-28-23(17)29/h2,4-8,10-12,14,18,20-21,31H,1,3,9H2,(H2,25,27,28)/t14-,18+,20+,21+/m0/s1. The van der Waals surface area contributed by atoms with Crippen molar-refractivity contribution in [3.05, 3.63) is 59.6 Å². The molecule has 7 nitrogen and oxygen atoms in total. The van der Waals surface area contributed by atoms with Crippen LogP contribution in [-0.2, 0) is 11.2 Å². The number of aliphatic hydroxyl groups is 1. The fraction of sp³-hybridized carbons (Fsp3) is 0.304. The van der Waals surface area contributed by atoms with Crippen molar-refractivity contribution in [3.8, 4) is 0 Å². The minimum atomic E-state index is -0.769. The highest BCUT2D eigenvalue weighted by Gasteiger charge is 2.43. The van der Waals surface area contributed by atoms with Crippen molar-refractivity contribution in [2.75, 3.05) is 5.73 Å². The number of halogens is 1. The van der Waals surface area contributed by atoms with Gasteiger partial charge in [-0.1, -0.05) is 23.7 Å². The van der Waals surface area contributed by atoms with Crippen molar-refractivity contribution in [3.63, 3.8) is 0 Å². The number of pyridine rings is 1. The Labute approximate surface area is 183 Å². The van der Waals surface area contributed by atoms with E-state index in [0.717, 1.165) is 41.0 Å². The van der Waals surface area contributed by atoms with Crippen molar-refractivity contribution in [1.82, 2.24) is 19.5 Å². The highest BCUT2D eigenvalue weighted by atomic mass is 35.5. The maximum atomic E-state index is 11.8. The van der Waals surface area contributed by atoms with Crippen molar-refractivity contribution in [2.45, 2.75) is 31.4 Å². The molecule has 0 bridgehead atoms. The van der Waals surface area contributed by atoms with E-state index in [1.165, 1.54) is 6.33 Å². The lowest BCUT2D eigenvalue weighted by Crippen LogP contribution is -2.26. The van der Waals surface area contributed by atoms with Crippen LogP contribution in [0.4, 0.5) is 5.82 Å². The Morgan fingerprint density at radius 3 is 2.94 bits per heavy atom. The third-order valence-corrected chi connectivity index (χ3v) is 6.66. The number of benzene rings is 1. The van der Waals surface area contributed by atoms with Crippen LogP contribution >= 0.6 is 11.6 Å². The van der Waals surface area contributed by atoms with E-state index < -0.39 is 12.0 Å². The average Bonchev–Trinajstić information content (AvgIpc) is 3.33. The van der Waals surface area contributed by atoms with Gasteiger partial charge in [0.2, 0.25) is 0 Å². The minimum Gasteiger partial charge on any atom is -0.390 e. The number of aryl methyl sites for hydroxylation is 1. The molecule has 0 unspecified atom stereocenters. The number of aldehydes is 1. The largest absolute Gasteiger partial charge is 0.390 e. The molecule has 1 aliphatic carbocycles. The smallest absolute Gasteiger partial charge is 0.145 e. The van der Waals surface area contributed by atoms with Crippen LogP contribution in [0.5, 0.6) is 0 Å². The summed E-state index contributed by atoms with van der Waals surface area (Å²) < 4.78 is 1.93. The number of aliphatic hydroxyl groups excluding tert-OH is 1. The van der Waals surface area contributed by atoms with Crippen LogP contribution in [0.15, 0.2) is 49.1 Å². The number of nitrogens with zero attached hydrogens (tertiary/aromatic N) is 4. The molecule has 0 aliphatic heterocycles. The van der Waals surface area contributed by atoms with Gasteiger partial charge >= 0.3 is 0 Å². The average molecular weight is 436 g/mol. The maximum absolute atomic E-state index is 11.8. The highest BCUT2D eigenvalue weighted by Crippen LogP contribution is 2.42. The zero-order chi connectivity index (χ0) is 21.5. The maximum Gasteiger partial charge on any atom is 0.145 e. The van der Waals surface area contributed by atoms with Gasteiger partial charge < -0.3 is 20.2 Å². The van der Waals surface area contributed by atoms with E-state index in [1.54, 1.807) is 6.20 Å². The van der Waals surface area contributed by atoms with E-state index >= 15 is 0 Å². The monoisotopic (exact) mass is 435 g/mol. The van der Waals surface area contributed by atoms with Crippen LogP contribution in [0.1, 0.15) is 24.4 Å². The Bertz CT molecular complexity index is 1270. The molecule has 31 heavy (non-hydrogen) atoms. The van der Waals surface area contributed by atoms with Gasteiger partial charge in [-0.15, -0.1) is 0 Å². The minimum absolute atomic E-state index is 0.0722. The van der Waals surface area contributed by atoms with E-state index in [4.69, 9.17) is 17.3 Å². The Hall–Kier alpha value is -3.03. The van der Waals surface area contributed by atoms with Crippen molar-refractivity contribution in [2.24, 2.45) is 11.8 Å². The lowest BCUT2D eigenvalue weighted by Gasteiger charge is -2.19. The highest BCUT2D eigenvalue weighted by molar-refractivity contribution is 6.31. The molecular formula is C23H22ClN5O2. The molecule has 5 rings (SSSR count). The number of carbonyl (C=O) groups is 1. The van der Waals surface area contributed by atoms with Gasteiger partial charge in [-0.3, -0.25) is 4.98 Å². The van der Waals surface area contributed by atoms with Gasteiger partial charge in [0.05, 0.1) is 28.1 Å². The molecule has 0 radical (unpaired) electrons. The number of hydrogen-bond donors (Lipinski definition) is 2. The number of rotatable bonds is 5. The van der Waals surface area contributed by atoms with E-state index in [0.29, 0.717) is 22.9 Å². The number of nitrogens with two attached hydrogens (primary N) is 1. The molecule has 0 saturated heterocycles. The van der Waals surface area contributed by atoms with Crippen LogP contribution in [0.25, 0.3) is 21.9 Å². The van der Waals surface area contributed by atoms with Gasteiger partial charge in [-0.2, -0.15) is 0 Å². The predicted octanol–water partition coefficient (Wildman–Crippen LogP) is 3.58. The molecule has 3 heterocycles. The first kappa shape index (κ1) is 19.9.